The molecular formula is C19H22Cl2N3O+. The molecule has 0 aromatic heterocycles. The SMILES string of the molecule is C[NH+]1CCN(c2ccc(NC(=O)Cc3ccc(Cl)c(Cl)c3)cc2)CC1. The summed E-state index contributed by atoms with van der Waals surface area (Å²) in [5, 5.41) is 3.88. The van der Waals surface area contributed by atoms with Crippen molar-refractivity contribution in [2.24, 2.45) is 0 Å². The Hall–Kier alpha value is -1.75. The fourth-order valence-corrected chi connectivity index (χ4v) is 3.26. The van der Waals surface area contributed by atoms with Crippen molar-refractivity contribution in [1.82, 2.24) is 0 Å². The minimum Gasteiger partial charge on any atom is -0.360 e. The molecule has 0 radical (unpaired) electrons. The molecule has 1 amide bonds. The normalized spacial score (nSPS) is 15.2. The zero-order chi connectivity index (χ0) is 17.8. The molecule has 1 aliphatic heterocycles. The first-order valence-electron chi connectivity index (χ1n) is 8.41. The number of likely N-dealkylation sites (N-methyl/N-ethyl adjacent to an activating group) is 1. The maximum atomic E-state index is 12.2. The van der Waals surface area contributed by atoms with Gasteiger partial charge < -0.3 is 15.1 Å². The number of carbonyl (C=O) groups excluding carboxylic acids is 1. The standard InChI is InChI=1S/C19H21Cl2N3O/c1-23-8-10-24(11-9-23)16-5-3-15(4-6-16)22-19(25)13-14-2-7-17(20)18(21)12-14/h2-7,12H,8-11,13H2,1H3,(H,22,25)/p+1. The van der Waals surface area contributed by atoms with Crippen molar-refractivity contribution in [2.45, 2.75) is 6.42 Å². The molecule has 25 heavy (non-hydrogen) atoms. The number of hydrogen-bond donors (Lipinski definition) is 2. The van der Waals surface area contributed by atoms with E-state index in [1.807, 2.05) is 18.2 Å². The molecule has 6 heteroatoms. The second kappa shape index (κ2) is 8.09. The molecule has 3 rings (SSSR count). The van der Waals surface area contributed by atoms with Gasteiger partial charge in [0, 0.05) is 11.4 Å². The highest BCUT2D eigenvalue weighted by Gasteiger charge is 2.16. The fraction of sp³-hybridized carbons (Fsp3) is 0.316. The van der Waals surface area contributed by atoms with Crippen molar-refractivity contribution in [2.75, 3.05) is 43.4 Å². The average molecular weight is 379 g/mol. The maximum absolute atomic E-state index is 12.2. The van der Waals surface area contributed by atoms with E-state index in [0.29, 0.717) is 10.0 Å². The van der Waals surface area contributed by atoms with Crippen LogP contribution in [0.5, 0.6) is 0 Å². The van der Waals surface area contributed by atoms with Crippen LogP contribution in [-0.4, -0.2) is 39.1 Å². The lowest BCUT2D eigenvalue weighted by Crippen LogP contribution is -3.12. The number of benzene rings is 2. The molecule has 2 aromatic carbocycles. The van der Waals surface area contributed by atoms with E-state index in [2.05, 4.69) is 29.4 Å². The largest absolute Gasteiger partial charge is 0.360 e. The summed E-state index contributed by atoms with van der Waals surface area (Å²) < 4.78 is 0. The summed E-state index contributed by atoms with van der Waals surface area (Å²) in [5.74, 6) is -0.0747. The van der Waals surface area contributed by atoms with E-state index in [-0.39, 0.29) is 12.3 Å². The summed E-state index contributed by atoms with van der Waals surface area (Å²) >= 11 is 11.9. The van der Waals surface area contributed by atoms with Crippen LogP contribution in [0.15, 0.2) is 42.5 Å². The molecule has 0 saturated carbocycles. The van der Waals surface area contributed by atoms with E-state index in [1.165, 1.54) is 5.69 Å². The number of nitrogens with one attached hydrogen (secondary N) is 2. The van der Waals surface area contributed by atoms with Crippen LogP contribution < -0.4 is 15.1 Å². The van der Waals surface area contributed by atoms with Gasteiger partial charge in [-0.25, -0.2) is 0 Å². The monoisotopic (exact) mass is 378 g/mol. The molecule has 4 nitrogen and oxygen atoms in total. The third kappa shape index (κ3) is 4.88. The zero-order valence-corrected chi connectivity index (χ0v) is 15.7. The second-order valence-electron chi connectivity index (χ2n) is 6.46. The van der Waals surface area contributed by atoms with Crippen LogP contribution in [-0.2, 0) is 11.2 Å². The number of piperazine rings is 1. The summed E-state index contributed by atoms with van der Waals surface area (Å²) in [6.07, 6.45) is 0.264. The Labute approximate surface area is 158 Å². The summed E-state index contributed by atoms with van der Waals surface area (Å²) in [5.41, 5.74) is 2.84. The highest BCUT2D eigenvalue weighted by molar-refractivity contribution is 6.42. The Kier molecular flexibility index (Phi) is 5.84. The van der Waals surface area contributed by atoms with Gasteiger partial charge in [0.2, 0.25) is 5.91 Å². The van der Waals surface area contributed by atoms with E-state index in [1.54, 1.807) is 17.0 Å². The Morgan fingerprint density at radius 3 is 2.40 bits per heavy atom. The molecule has 1 aliphatic rings. The predicted octanol–water partition coefficient (Wildman–Crippen LogP) is 2.51. The first kappa shape index (κ1) is 18.1. The predicted molar refractivity (Wildman–Crippen MR) is 104 cm³/mol. The quantitative estimate of drug-likeness (QED) is 0.857. The molecule has 0 aliphatic carbocycles. The Morgan fingerprint density at radius 1 is 1.08 bits per heavy atom. The van der Waals surface area contributed by atoms with Crippen molar-refractivity contribution in [3.63, 3.8) is 0 Å². The van der Waals surface area contributed by atoms with Gasteiger partial charge in [-0.15, -0.1) is 0 Å². The van der Waals surface area contributed by atoms with E-state index in [9.17, 15) is 4.79 Å². The molecular weight excluding hydrogens is 357 g/mol. The van der Waals surface area contributed by atoms with Gasteiger partial charge >= 0.3 is 0 Å². The van der Waals surface area contributed by atoms with Crippen LogP contribution in [0.3, 0.4) is 0 Å². The summed E-state index contributed by atoms with van der Waals surface area (Å²) in [6.45, 7) is 4.44. The number of halogens is 2. The number of quaternary nitrogens is 1. The highest BCUT2D eigenvalue weighted by atomic mass is 35.5. The summed E-state index contributed by atoms with van der Waals surface area (Å²) in [7, 11) is 2.23. The molecule has 0 unspecified atom stereocenters. The molecule has 1 heterocycles. The third-order valence-corrected chi connectivity index (χ3v) is 5.22. The molecule has 0 bridgehead atoms. The molecule has 1 fully saturated rings. The zero-order valence-electron chi connectivity index (χ0n) is 14.2. The molecule has 0 spiro atoms. The van der Waals surface area contributed by atoms with Crippen molar-refractivity contribution < 1.29 is 9.69 Å². The lowest BCUT2D eigenvalue weighted by Gasteiger charge is -2.31. The number of hydrogen-bond acceptors (Lipinski definition) is 2. The van der Waals surface area contributed by atoms with Crippen LogP contribution in [0.4, 0.5) is 11.4 Å². The number of amides is 1. The molecule has 1 saturated heterocycles. The van der Waals surface area contributed by atoms with Crippen LogP contribution in [0.25, 0.3) is 0 Å². The minimum atomic E-state index is -0.0747. The lowest BCUT2D eigenvalue weighted by molar-refractivity contribution is -0.880. The Bertz CT molecular complexity index is 741. The molecule has 132 valence electrons. The fourth-order valence-electron chi connectivity index (χ4n) is 2.94. The van der Waals surface area contributed by atoms with Gasteiger partial charge in [-0.3, -0.25) is 4.79 Å². The van der Waals surface area contributed by atoms with Crippen LogP contribution in [0.1, 0.15) is 5.56 Å². The van der Waals surface area contributed by atoms with E-state index in [4.69, 9.17) is 23.2 Å². The smallest absolute Gasteiger partial charge is 0.228 e. The second-order valence-corrected chi connectivity index (χ2v) is 7.28. The Morgan fingerprint density at radius 2 is 1.76 bits per heavy atom. The number of carbonyl (C=O) groups is 1. The Balaban J connectivity index is 1.57. The van der Waals surface area contributed by atoms with Gasteiger partial charge in [0.05, 0.1) is 49.7 Å². The highest BCUT2D eigenvalue weighted by Crippen LogP contribution is 2.23. The molecule has 0 atom stereocenters. The third-order valence-electron chi connectivity index (χ3n) is 4.48. The lowest BCUT2D eigenvalue weighted by atomic mass is 10.1. The van der Waals surface area contributed by atoms with Gasteiger partial charge in [-0.2, -0.15) is 0 Å². The van der Waals surface area contributed by atoms with E-state index < -0.39 is 0 Å². The van der Waals surface area contributed by atoms with Crippen LogP contribution in [0, 0.1) is 0 Å². The van der Waals surface area contributed by atoms with Gasteiger partial charge in [0.15, 0.2) is 0 Å². The topological polar surface area (TPSA) is 36.8 Å². The minimum absolute atomic E-state index is 0.0747. The summed E-state index contributed by atoms with van der Waals surface area (Å²) in [4.78, 5) is 16.2. The van der Waals surface area contributed by atoms with Gasteiger partial charge in [0.25, 0.3) is 0 Å². The van der Waals surface area contributed by atoms with E-state index >= 15 is 0 Å². The van der Waals surface area contributed by atoms with Crippen LogP contribution in [0.2, 0.25) is 10.0 Å². The first-order chi connectivity index (χ1) is 12.0. The number of rotatable bonds is 4. The van der Waals surface area contributed by atoms with Crippen molar-refractivity contribution in [1.29, 1.82) is 0 Å². The number of anilines is 2. The number of nitrogens with zero attached hydrogens (tertiary/aromatic N) is 1. The molecule has 2 aromatic rings. The van der Waals surface area contributed by atoms with Crippen molar-refractivity contribution in [3.8, 4) is 0 Å². The van der Waals surface area contributed by atoms with Gasteiger partial charge in [0.1, 0.15) is 0 Å². The molecule has 2 N–H and O–H groups in total. The van der Waals surface area contributed by atoms with Crippen molar-refractivity contribution in [3.05, 3.63) is 58.1 Å². The van der Waals surface area contributed by atoms with E-state index in [0.717, 1.165) is 37.4 Å². The first-order valence-corrected chi connectivity index (χ1v) is 9.17. The van der Waals surface area contributed by atoms with Crippen LogP contribution >= 0.6 is 23.2 Å². The van der Waals surface area contributed by atoms with Crippen molar-refractivity contribution >= 4 is 40.5 Å². The average Bonchev–Trinajstić information content (AvgIpc) is 2.60. The summed E-state index contributed by atoms with van der Waals surface area (Å²) in [6, 6.07) is 13.3. The van der Waals surface area contributed by atoms with Gasteiger partial charge in [-0.05, 0) is 42.0 Å². The maximum Gasteiger partial charge on any atom is 0.228 e. The van der Waals surface area contributed by atoms with Gasteiger partial charge in [-0.1, -0.05) is 29.3 Å².